The van der Waals surface area contributed by atoms with E-state index in [4.69, 9.17) is 0 Å². The molecule has 0 bridgehead atoms. The summed E-state index contributed by atoms with van der Waals surface area (Å²) in [6.07, 6.45) is 8.00. The van der Waals surface area contributed by atoms with Crippen LogP contribution in [0.4, 0.5) is 0 Å². The molecule has 1 rings (SSSR count). The molecule has 0 aromatic rings. The molecule has 0 N–H and O–H groups in total. The Labute approximate surface area is 70.7 Å². The molecule has 0 aromatic heterocycles. The van der Waals surface area contributed by atoms with E-state index < -0.39 is 0 Å². The Balaban J connectivity index is 2.43. The van der Waals surface area contributed by atoms with Gasteiger partial charge in [-0.3, -0.25) is 0 Å². The van der Waals surface area contributed by atoms with Crippen molar-refractivity contribution in [3.8, 4) is 0 Å². The lowest BCUT2D eigenvalue weighted by Crippen LogP contribution is -2.11. The Morgan fingerprint density at radius 1 is 1.55 bits per heavy atom. The Kier molecular flexibility index (Phi) is 3.16. The highest BCUT2D eigenvalue weighted by Crippen LogP contribution is 2.30. The Morgan fingerprint density at radius 2 is 2.27 bits per heavy atom. The lowest BCUT2D eigenvalue weighted by Gasteiger charge is -2.24. The summed E-state index contributed by atoms with van der Waals surface area (Å²) in [4.78, 5) is 0. The number of hydrogen-bond acceptors (Lipinski definition) is 0. The average molecular weight is 152 g/mol. The second-order valence-corrected chi connectivity index (χ2v) is 4.08. The van der Waals surface area contributed by atoms with E-state index in [2.05, 4.69) is 26.8 Å². The molecule has 0 heteroatoms. The highest BCUT2D eigenvalue weighted by Gasteiger charge is 2.16. The summed E-state index contributed by atoms with van der Waals surface area (Å²) < 4.78 is 0. The van der Waals surface area contributed by atoms with Crippen molar-refractivity contribution in [3.05, 3.63) is 11.6 Å². The largest absolute Gasteiger partial charge is 0.0827 e. The summed E-state index contributed by atoms with van der Waals surface area (Å²) in [5, 5.41) is 0. The Hall–Kier alpha value is -0.260. The van der Waals surface area contributed by atoms with Crippen molar-refractivity contribution in [1.29, 1.82) is 0 Å². The molecular weight excluding hydrogens is 132 g/mol. The third-order valence-corrected chi connectivity index (χ3v) is 2.58. The van der Waals surface area contributed by atoms with Gasteiger partial charge in [-0.1, -0.05) is 38.3 Å². The lowest BCUT2D eigenvalue weighted by molar-refractivity contribution is 0.377. The molecule has 0 spiro atoms. The number of hydrogen-bond donors (Lipinski definition) is 0. The predicted octanol–water partition coefficient (Wildman–Crippen LogP) is 3.78. The third kappa shape index (κ3) is 2.69. The van der Waals surface area contributed by atoms with Crippen LogP contribution in [0.15, 0.2) is 11.6 Å². The molecule has 0 saturated heterocycles. The molecule has 0 radical (unpaired) electrons. The average Bonchev–Trinajstić information content (AvgIpc) is 1.85. The fourth-order valence-electron chi connectivity index (χ4n) is 2.31. The van der Waals surface area contributed by atoms with Crippen LogP contribution in [0.1, 0.15) is 46.5 Å². The fraction of sp³-hybridized carbons (Fsp3) is 0.818. The monoisotopic (exact) mass is 152 g/mol. The summed E-state index contributed by atoms with van der Waals surface area (Å²) in [7, 11) is 0. The smallest absolute Gasteiger partial charge is 0.0257 e. The van der Waals surface area contributed by atoms with Gasteiger partial charge in [0.25, 0.3) is 0 Å². The zero-order valence-electron chi connectivity index (χ0n) is 8.06. The first-order valence-corrected chi connectivity index (χ1v) is 4.89. The minimum absolute atomic E-state index is 0.834. The van der Waals surface area contributed by atoms with Crippen molar-refractivity contribution in [2.75, 3.05) is 0 Å². The first-order valence-electron chi connectivity index (χ1n) is 4.89. The highest BCUT2D eigenvalue weighted by molar-refractivity contribution is 5.05. The van der Waals surface area contributed by atoms with E-state index in [0.29, 0.717) is 0 Å². The molecule has 0 saturated carbocycles. The first kappa shape index (κ1) is 8.83. The zero-order valence-corrected chi connectivity index (χ0v) is 8.06. The van der Waals surface area contributed by atoms with Crippen molar-refractivity contribution < 1.29 is 0 Å². The summed E-state index contributed by atoms with van der Waals surface area (Å²) >= 11 is 0. The van der Waals surface area contributed by atoms with Gasteiger partial charge in [0, 0.05) is 0 Å². The van der Waals surface area contributed by atoms with Crippen molar-refractivity contribution >= 4 is 0 Å². The van der Waals surface area contributed by atoms with Gasteiger partial charge in [-0.2, -0.15) is 0 Å². The van der Waals surface area contributed by atoms with Crippen molar-refractivity contribution in [2.45, 2.75) is 46.5 Å². The van der Waals surface area contributed by atoms with Gasteiger partial charge in [0.1, 0.15) is 0 Å². The molecular formula is C11H20. The molecule has 0 aliphatic heterocycles. The Bertz CT molecular complexity index is 144. The van der Waals surface area contributed by atoms with Gasteiger partial charge in [0.05, 0.1) is 0 Å². The van der Waals surface area contributed by atoms with E-state index in [-0.39, 0.29) is 0 Å². The van der Waals surface area contributed by atoms with Crippen LogP contribution < -0.4 is 0 Å². The van der Waals surface area contributed by atoms with E-state index in [1.54, 1.807) is 5.57 Å². The SMILES string of the molecule is CCCC1CC(C)=CC(C)C1. The standard InChI is InChI=1S/C11H20/c1-4-5-11-7-9(2)6-10(3)8-11/h6,9,11H,4-5,7-8H2,1-3H3. The maximum absolute atomic E-state index is 2.44. The maximum Gasteiger partial charge on any atom is -0.0257 e. The molecule has 2 unspecified atom stereocenters. The molecule has 0 fully saturated rings. The first-order chi connectivity index (χ1) is 5.22. The van der Waals surface area contributed by atoms with Crippen LogP contribution in [0.25, 0.3) is 0 Å². The normalized spacial score (nSPS) is 31.7. The third-order valence-electron chi connectivity index (χ3n) is 2.58. The van der Waals surface area contributed by atoms with Crippen molar-refractivity contribution in [1.82, 2.24) is 0 Å². The summed E-state index contributed by atoms with van der Waals surface area (Å²) in [6.45, 7) is 6.90. The molecule has 0 heterocycles. The van der Waals surface area contributed by atoms with Gasteiger partial charge in [-0.05, 0) is 31.6 Å². The minimum Gasteiger partial charge on any atom is -0.0827 e. The Morgan fingerprint density at radius 3 is 2.82 bits per heavy atom. The molecule has 2 atom stereocenters. The zero-order chi connectivity index (χ0) is 8.27. The van der Waals surface area contributed by atoms with Crippen LogP contribution in [0, 0.1) is 11.8 Å². The summed E-state index contributed by atoms with van der Waals surface area (Å²) in [5.41, 5.74) is 1.61. The second-order valence-electron chi connectivity index (χ2n) is 4.08. The fourth-order valence-corrected chi connectivity index (χ4v) is 2.31. The molecule has 0 aromatic carbocycles. The van der Waals surface area contributed by atoms with E-state index in [0.717, 1.165) is 11.8 Å². The predicted molar refractivity (Wildman–Crippen MR) is 50.6 cm³/mol. The van der Waals surface area contributed by atoms with Crippen LogP contribution in [0.3, 0.4) is 0 Å². The summed E-state index contributed by atoms with van der Waals surface area (Å²) in [5.74, 6) is 1.82. The number of rotatable bonds is 2. The minimum atomic E-state index is 0.834. The summed E-state index contributed by atoms with van der Waals surface area (Å²) in [6, 6.07) is 0. The molecule has 1 aliphatic carbocycles. The van der Waals surface area contributed by atoms with Gasteiger partial charge in [-0.15, -0.1) is 0 Å². The van der Waals surface area contributed by atoms with Gasteiger partial charge >= 0.3 is 0 Å². The van der Waals surface area contributed by atoms with E-state index >= 15 is 0 Å². The van der Waals surface area contributed by atoms with E-state index in [1.165, 1.54) is 25.7 Å². The van der Waals surface area contributed by atoms with Gasteiger partial charge < -0.3 is 0 Å². The van der Waals surface area contributed by atoms with Gasteiger partial charge in [-0.25, -0.2) is 0 Å². The maximum atomic E-state index is 2.44. The van der Waals surface area contributed by atoms with Crippen LogP contribution >= 0.6 is 0 Å². The van der Waals surface area contributed by atoms with Crippen LogP contribution in [-0.4, -0.2) is 0 Å². The molecule has 0 amide bonds. The van der Waals surface area contributed by atoms with Crippen LogP contribution in [-0.2, 0) is 0 Å². The molecule has 1 aliphatic rings. The van der Waals surface area contributed by atoms with Gasteiger partial charge in [0.15, 0.2) is 0 Å². The second kappa shape index (κ2) is 3.94. The molecule has 64 valence electrons. The van der Waals surface area contributed by atoms with Gasteiger partial charge in [0.2, 0.25) is 0 Å². The molecule has 0 nitrogen and oxygen atoms in total. The topological polar surface area (TPSA) is 0 Å². The highest BCUT2D eigenvalue weighted by atomic mass is 14.2. The van der Waals surface area contributed by atoms with Crippen LogP contribution in [0.2, 0.25) is 0 Å². The van der Waals surface area contributed by atoms with Crippen molar-refractivity contribution in [3.63, 3.8) is 0 Å². The van der Waals surface area contributed by atoms with Crippen molar-refractivity contribution in [2.24, 2.45) is 11.8 Å². The lowest BCUT2D eigenvalue weighted by atomic mass is 9.81. The number of allylic oxidation sites excluding steroid dienone is 2. The van der Waals surface area contributed by atoms with E-state index in [9.17, 15) is 0 Å². The van der Waals surface area contributed by atoms with E-state index in [1.807, 2.05) is 0 Å². The molecule has 11 heavy (non-hydrogen) atoms. The van der Waals surface area contributed by atoms with Crippen LogP contribution in [0.5, 0.6) is 0 Å². The quantitative estimate of drug-likeness (QED) is 0.528.